The van der Waals surface area contributed by atoms with Gasteiger partial charge in [0.2, 0.25) is 0 Å². The lowest BCUT2D eigenvalue weighted by atomic mass is 9.88. The first-order valence-corrected chi connectivity index (χ1v) is 13.1. The molecule has 4 heterocycles. The molecule has 40 heavy (non-hydrogen) atoms. The Morgan fingerprint density at radius 1 is 1.05 bits per heavy atom. The lowest BCUT2D eigenvalue weighted by Gasteiger charge is -2.36. The molecule has 3 aromatic rings. The average molecular weight is 566 g/mol. The monoisotopic (exact) mass is 565 g/mol. The molecular formula is C28H29F6N5O. The van der Waals surface area contributed by atoms with Gasteiger partial charge in [0, 0.05) is 17.3 Å². The van der Waals surface area contributed by atoms with Crippen LogP contribution >= 0.6 is 0 Å². The molecule has 5 rings (SSSR count). The van der Waals surface area contributed by atoms with Crippen molar-refractivity contribution >= 4 is 5.69 Å². The number of piperidine rings is 1. The number of anilines is 1. The fourth-order valence-corrected chi connectivity index (χ4v) is 5.29. The van der Waals surface area contributed by atoms with E-state index in [1.165, 1.54) is 18.2 Å². The van der Waals surface area contributed by atoms with E-state index in [0.717, 1.165) is 12.3 Å². The Morgan fingerprint density at radius 2 is 1.77 bits per heavy atom. The van der Waals surface area contributed by atoms with Crippen LogP contribution in [0.2, 0.25) is 0 Å². The number of nitrogens with zero attached hydrogens (tertiary/aromatic N) is 5. The molecule has 1 saturated heterocycles. The number of pyridine rings is 1. The minimum atomic E-state index is -4.65. The lowest BCUT2D eigenvalue weighted by Crippen LogP contribution is -2.42. The van der Waals surface area contributed by atoms with Crippen LogP contribution in [0.5, 0.6) is 5.75 Å². The normalized spacial score (nSPS) is 18.6. The van der Waals surface area contributed by atoms with Gasteiger partial charge in [0.25, 0.3) is 6.36 Å². The molecule has 0 bridgehead atoms. The van der Waals surface area contributed by atoms with E-state index in [9.17, 15) is 26.3 Å². The van der Waals surface area contributed by atoms with Crippen molar-refractivity contribution in [3.63, 3.8) is 0 Å². The number of ether oxygens (including phenoxy) is 1. The van der Waals surface area contributed by atoms with Crippen molar-refractivity contribution in [3.05, 3.63) is 64.9 Å². The van der Waals surface area contributed by atoms with Gasteiger partial charge in [-0.15, -0.1) is 0 Å². The second-order valence-corrected chi connectivity index (χ2v) is 10.6. The zero-order valence-corrected chi connectivity index (χ0v) is 22.3. The largest absolute Gasteiger partial charge is 0.453 e. The molecule has 214 valence electrons. The van der Waals surface area contributed by atoms with Gasteiger partial charge in [-0.05, 0) is 76.5 Å². The molecular weight excluding hydrogens is 536 g/mol. The Kier molecular flexibility index (Phi) is 7.64. The van der Waals surface area contributed by atoms with Crippen molar-refractivity contribution in [1.29, 1.82) is 0 Å². The van der Waals surface area contributed by atoms with Crippen LogP contribution in [-0.4, -0.2) is 58.9 Å². The zero-order valence-electron chi connectivity index (χ0n) is 22.3. The van der Waals surface area contributed by atoms with Crippen LogP contribution in [0.4, 0.5) is 32.0 Å². The van der Waals surface area contributed by atoms with E-state index in [4.69, 9.17) is 4.74 Å². The fraction of sp³-hybridized carbons (Fsp3) is 0.464. The molecule has 2 aliphatic heterocycles. The van der Waals surface area contributed by atoms with Gasteiger partial charge < -0.3 is 14.5 Å². The van der Waals surface area contributed by atoms with Crippen LogP contribution in [0.3, 0.4) is 0 Å². The first-order valence-electron chi connectivity index (χ1n) is 13.1. The van der Waals surface area contributed by atoms with Crippen molar-refractivity contribution in [2.45, 2.75) is 57.6 Å². The topological polar surface area (TPSA) is 54.4 Å². The van der Waals surface area contributed by atoms with E-state index >= 15 is 0 Å². The number of aromatic nitrogens is 3. The Morgan fingerprint density at radius 3 is 2.45 bits per heavy atom. The number of hydrogen-bond donors (Lipinski definition) is 0. The van der Waals surface area contributed by atoms with Gasteiger partial charge in [0.1, 0.15) is 17.2 Å². The van der Waals surface area contributed by atoms with Crippen molar-refractivity contribution in [2.75, 3.05) is 31.6 Å². The summed E-state index contributed by atoms with van der Waals surface area (Å²) in [6.07, 6.45) is -4.46. The van der Waals surface area contributed by atoms with Crippen LogP contribution in [0.25, 0.3) is 11.3 Å². The summed E-state index contributed by atoms with van der Waals surface area (Å²) >= 11 is 0. The quantitative estimate of drug-likeness (QED) is 0.347. The summed E-state index contributed by atoms with van der Waals surface area (Å²) in [5.74, 6) is -2.24. The van der Waals surface area contributed by atoms with Gasteiger partial charge in [-0.25, -0.2) is 23.7 Å². The number of alkyl halides is 4. The SMILES string of the molecule is CC(C)N1CC(F)Oc2c(F)cc(-c3nc(Cc4ccc(C5CCN(C)CC5)c(C(F)(F)F)n4)ncc3F)cc21. The van der Waals surface area contributed by atoms with E-state index in [1.807, 2.05) is 7.05 Å². The molecule has 0 N–H and O–H groups in total. The van der Waals surface area contributed by atoms with Gasteiger partial charge in [-0.1, -0.05) is 6.07 Å². The summed E-state index contributed by atoms with van der Waals surface area (Å²) in [6.45, 7) is 4.88. The van der Waals surface area contributed by atoms with Crippen molar-refractivity contribution in [3.8, 4) is 17.0 Å². The molecule has 0 radical (unpaired) electrons. The molecule has 12 heteroatoms. The van der Waals surface area contributed by atoms with Gasteiger partial charge in [-0.3, -0.25) is 0 Å². The highest BCUT2D eigenvalue weighted by Crippen LogP contribution is 2.41. The van der Waals surface area contributed by atoms with E-state index in [-0.39, 0.29) is 64.7 Å². The third-order valence-corrected chi connectivity index (χ3v) is 7.36. The zero-order chi connectivity index (χ0) is 28.8. The molecule has 1 aromatic carbocycles. The predicted octanol–water partition coefficient (Wildman–Crippen LogP) is 6.14. The Bertz CT molecular complexity index is 1390. The maximum absolute atomic E-state index is 15.0. The molecule has 0 saturated carbocycles. The number of rotatable bonds is 5. The molecule has 0 spiro atoms. The summed E-state index contributed by atoms with van der Waals surface area (Å²) < 4.78 is 90.9. The van der Waals surface area contributed by atoms with Crippen LogP contribution in [0.1, 0.15) is 55.4 Å². The molecule has 1 fully saturated rings. The maximum Gasteiger partial charge on any atom is 0.433 e. The lowest BCUT2D eigenvalue weighted by molar-refractivity contribution is -0.142. The molecule has 0 amide bonds. The molecule has 0 aliphatic carbocycles. The highest BCUT2D eigenvalue weighted by atomic mass is 19.4. The van der Waals surface area contributed by atoms with E-state index in [0.29, 0.717) is 25.9 Å². The van der Waals surface area contributed by atoms with Crippen molar-refractivity contribution < 1.29 is 31.1 Å². The summed E-state index contributed by atoms with van der Waals surface area (Å²) in [7, 11) is 1.94. The maximum atomic E-state index is 15.0. The third kappa shape index (κ3) is 5.72. The Hall–Kier alpha value is -3.41. The molecule has 2 aromatic heterocycles. The van der Waals surface area contributed by atoms with Gasteiger partial charge in [-0.2, -0.15) is 17.6 Å². The smallest absolute Gasteiger partial charge is 0.433 e. The summed E-state index contributed by atoms with van der Waals surface area (Å²) in [6, 6.07) is 5.21. The highest BCUT2D eigenvalue weighted by Gasteiger charge is 2.38. The van der Waals surface area contributed by atoms with E-state index < -0.39 is 29.9 Å². The number of likely N-dealkylation sites (tertiary alicyclic amines) is 1. The predicted molar refractivity (Wildman–Crippen MR) is 137 cm³/mol. The number of fused-ring (bicyclic) bond motifs is 1. The highest BCUT2D eigenvalue weighted by molar-refractivity contribution is 5.72. The first kappa shape index (κ1) is 28.1. The average Bonchev–Trinajstić information content (AvgIpc) is 2.89. The minimum Gasteiger partial charge on any atom is -0.453 e. The number of hydrogen-bond acceptors (Lipinski definition) is 6. The second kappa shape index (κ2) is 10.9. The van der Waals surface area contributed by atoms with Gasteiger partial charge in [0.05, 0.1) is 24.8 Å². The van der Waals surface area contributed by atoms with Crippen LogP contribution < -0.4 is 9.64 Å². The second-order valence-electron chi connectivity index (χ2n) is 10.6. The third-order valence-electron chi connectivity index (χ3n) is 7.36. The molecule has 6 nitrogen and oxygen atoms in total. The Labute approximate surface area is 228 Å². The van der Waals surface area contributed by atoms with Crippen molar-refractivity contribution in [2.24, 2.45) is 0 Å². The molecule has 2 aliphatic rings. The van der Waals surface area contributed by atoms with Crippen LogP contribution in [-0.2, 0) is 12.6 Å². The van der Waals surface area contributed by atoms with E-state index in [2.05, 4.69) is 19.9 Å². The Balaban J connectivity index is 1.47. The van der Waals surface area contributed by atoms with Gasteiger partial charge in [0.15, 0.2) is 17.4 Å². The summed E-state index contributed by atoms with van der Waals surface area (Å²) in [4.78, 5) is 15.8. The molecule has 1 atom stereocenters. The number of benzene rings is 1. The van der Waals surface area contributed by atoms with Crippen LogP contribution in [0, 0.1) is 11.6 Å². The van der Waals surface area contributed by atoms with Crippen molar-refractivity contribution in [1.82, 2.24) is 19.9 Å². The van der Waals surface area contributed by atoms with Gasteiger partial charge >= 0.3 is 6.18 Å². The van der Waals surface area contributed by atoms with E-state index in [1.54, 1.807) is 18.7 Å². The summed E-state index contributed by atoms with van der Waals surface area (Å²) in [5.41, 5.74) is -0.617. The fourth-order valence-electron chi connectivity index (χ4n) is 5.29. The molecule has 1 unspecified atom stereocenters. The standard InChI is InChI=1S/C28H29F6N5O/c1-15(2)39-14-23(31)40-26-20(29)10-17(11-22(26)39)25-21(30)13-35-24(37-25)12-18-4-5-19(27(36-18)28(32,33)34)16-6-8-38(3)9-7-16/h4-5,10-11,13,15-16,23H,6-9,12,14H2,1-3H3. The first-order chi connectivity index (χ1) is 18.9. The summed E-state index contributed by atoms with van der Waals surface area (Å²) in [5, 5.41) is 0. The number of halogens is 6. The van der Waals surface area contributed by atoms with Crippen LogP contribution in [0.15, 0.2) is 30.5 Å². The minimum absolute atomic E-state index is 0.0167.